The minimum absolute atomic E-state index is 0.0136. The van der Waals surface area contributed by atoms with Gasteiger partial charge in [0.2, 0.25) is 5.91 Å². The molecule has 1 aliphatic rings. The smallest absolute Gasteiger partial charge is 0.317 e. The van der Waals surface area contributed by atoms with Gasteiger partial charge in [0.25, 0.3) is 5.69 Å². The number of carbonyl (C=O) groups is 3. The standard InChI is InChI=1S/C20H29N5O7/c26-18(21-6-5-16-1-3-17(4-2-16)25(31)32)13-22-7-9-23(14-19(27)28)11-12-24(10-8-22)15-20(29)30/h1-4H,5-15H2,(H,21,26)(H,27,28)(H,29,30). The van der Waals surface area contributed by atoms with Crippen molar-refractivity contribution in [3.05, 3.63) is 39.9 Å². The summed E-state index contributed by atoms with van der Waals surface area (Å²) in [5.74, 6) is -2.10. The van der Waals surface area contributed by atoms with Gasteiger partial charge >= 0.3 is 11.9 Å². The van der Waals surface area contributed by atoms with Crippen molar-refractivity contribution in [3.63, 3.8) is 0 Å². The first-order valence-electron chi connectivity index (χ1n) is 10.3. The molecule has 0 aromatic heterocycles. The Labute approximate surface area is 185 Å². The van der Waals surface area contributed by atoms with Gasteiger partial charge in [-0.3, -0.25) is 39.2 Å². The molecule has 0 bridgehead atoms. The van der Waals surface area contributed by atoms with E-state index in [1.165, 1.54) is 12.1 Å². The lowest BCUT2D eigenvalue weighted by Crippen LogP contribution is -2.43. The molecule has 1 saturated heterocycles. The Kier molecular flexibility index (Phi) is 9.98. The van der Waals surface area contributed by atoms with E-state index in [0.717, 1.165) is 5.56 Å². The quantitative estimate of drug-likeness (QED) is 0.308. The molecule has 1 fully saturated rings. The molecule has 0 unspecified atom stereocenters. The third-order valence-corrected chi connectivity index (χ3v) is 5.17. The second-order valence-corrected chi connectivity index (χ2v) is 7.64. The predicted octanol–water partition coefficient (Wildman–Crippen LogP) is -0.658. The molecular weight excluding hydrogens is 422 g/mol. The summed E-state index contributed by atoms with van der Waals surface area (Å²) in [4.78, 5) is 50.2. The van der Waals surface area contributed by atoms with Crippen molar-refractivity contribution in [2.75, 3.05) is 65.4 Å². The van der Waals surface area contributed by atoms with E-state index in [9.17, 15) is 24.5 Å². The van der Waals surface area contributed by atoms with Gasteiger partial charge < -0.3 is 15.5 Å². The largest absolute Gasteiger partial charge is 0.480 e. The number of amides is 1. The van der Waals surface area contributed by atoms with Crippen LogP contribution < -0.4 is 5.32 Å². The third kappa shape index (κ3) is 9.37. The Morgan fingerprint density at radius 2 is 1.28 bits per heavy atom. The fraction of sp³-hybridized carbons (Fsp3) is 0.550. The first-order chi connectivity index (χ1) is 15.2. The maximum atomic E-state index is 12.4. The zero-order valence-corrected chi connectivity index (χ0v) is 17.8. The zero-order chi connectivity index (χ0) is 23.5. The van der Waals surface area contributed by atoms with Gasteiger partial charge in [0.1, 0.15) is 0 Å². The summed E-state index contributed by atoms with van der Waals surface area (Å²) in [6.45, 7) is 2.99. The fourth-order valence-corrected chi connectivity index (χ4v) is 3.43. The molecule has 1 aliphatic heterocycles. The van der Waals surface area contributed by atoms with Crippen molar-refractivity contribution in [2.45, 2.75) is 6.42 Å². The van der Waals surface area contributed by atoms with Gasteiger partial charge in [0.05, 0.1) is 24.6 Å². The molecule has 2 rings (SSSR count). The van der Waals surface area contributed by atoms with Crippen LogP contribution in [0.15, 0.2) is 24.3 Å². The average molecular weight is 451 g/mol. The summed E-state index contributed by atoms with van der Waals surface area (Å²) in [7, 11) is 0. The molecule has 1 aromatic rings. The van der Waals surface area contributed by atoms with Crippen LogP contribution in [0, 0.1) is 10.1 Å². The fourth-order valence-electron chi connectivity index (χ4n) is 3.43. The van der Waals surface area contributed by atoms with Crippen molar-refractivity contribution in [2.24, 2.45) is 0 Å². The number of nitrogens with zero attached hydrogens (tertiary/aromatic N) is 4. The Morgan fingerprint density at radius 3 is 1.69 bits per heavy atom. The van der Waals surface area contributed by atoms with Crippen LogP contribution in [0.25, 0.3) is 0 Å². The predicted molar refractivity (Wildman–Crippen MR) is 114 cm³/mol. The lowest BCUT2D eigenvalue weighted by Gasteiger charge is -2.24. The molecule has 0 saturated carbocycles. The van der Waals surface area contributed by atoms with Crippen LogP contribution in [-0.2, 0) is 20.8 Å². The maximum absolute atomic E-state index is 12.4. The minimum Gasteiger partial charge on any atom is -0.480 e. The Hall–Kier alpha value is -3.09. The van der Waals surface area contributed by atoms with E-state index in [0.29, 0.717) is 52.2 Å². The number of non-ortho nitro benzene ring substituents is 1. The molecule has 3 N–H and O–H groups in total. The summed E-state index contributed by atoms with van der Waals surface area (Å²) < 4.78 is 0. The third-order valence-electron chi connectivity index (χ3n) is 5.17. The van der Waals surface area contributed by atoms with Gasteiger partial charge in [-0.15, -0.1) is 0 Å². The lowest BCUT2D eigenvalue weighted by molar-refractivity contribution is -0.384. The van der Waals surface area contributed by atoms with Crippen LogP contribution in [0.2, 0.25) is 0 Å². The van der Waals surface area contributed by atoms with E-state index >= 15 is 0 Å². The highest BCUT2D eigenvalue weighted by Crippen LogP contribution is 2.12. The molecule has 0 spiro atoms. The Morgan fingerprint density at radius 1 is 0.844 bits per heavy atom. The van der Waals surface area contributed by atoms with Crippen LogP contribution in [0.3, 0.4) is 0 Å². The number of nitro benzene ring substituents is 1. The normalized spacial score (nSPS) is 16.5. The number of carboxylic acids is 2. The molecule has 0 aliphatic carbocycles. The number of carboxylic acid groups (broad SMARTS) is 2. The van der Waals surface area contributed by atoms with Gasteiger partial charge in [-0.2, -0.15) is 0 Å². The van der Waals surface area contributed by atoms with E-state index in [1.54, 1.807) is 21.9 Å². The highest BCUT2D eigenvalue weighted by atomic mass is 16.6. The number of nitro groups is 1. The zero-order valence-electron chi connectivity index (χ0n) is 17.8. The van der Waals surface area contributed by atoms with Gasteiger partial charge in [-0.25, -0.2) is 0 Å². The molecule has 176 valence electrons. The van der Waals surface area contributed by atoms with Crippen LogP contribution in [0.5, 0.6) is 0 Å². The number of rotatable bonds is 10. The van der Waals surface area contributed by atoms with Crippen LogP contribution >= 0.6 is 0 Å². The topological polar surface area (TPSA) is 157 Å². The highest BCUT2D eigenvalue weighted by Gasteiger charge is 2.20. The lowest BCUT2D eigenvalue weighted by atomic mass is 10.1. The average Bonchev–Trinajstić information content (AvgIpc) is 2.80. The maximum Gasteiger partial charge on any atom is 0.317 e. The molecule has 1 heterocycles. The monoisotopic (exact) mass is 451 g/mol. The van der Waals surface area contributed by atoms with Crippen LogP contribution in [-0.4, -0.2) is 113 Å². The highest BCUT2D eigenvalue weighted by molar-refractivity contribution is 5.78. The number of aliphatic carboxylic acids is 2. The second-order valence-electron chi connectivity index (χ2n) is 7.64. The summed E-state index contributed by atoms with van der Waals surface area (Å²) in [5, 5.41) is 31.7. The number of hydrogen-bond donors (Lipinski definition) is 3. The summed E-state index contributed by atoms with van der Waals surface area (Å²) in [6, 6.07) is 6.15. The van der Waals surface area contributed by atoms with Crippen molar-refractivity contribution in [1.29, 1.82) is 0 Å². The molecule has 0 atom stereocenters. The van der Waals surface area contributed by atoms with E-state index in [4.69, 9.17) is 10.2 Å². The van der Waals surface area contributed by atoms with Gasteiger partial charge in [0, 0.05) is 57.9 Å². The molecule has 0 radical (unpaired) electrons. The van der Waals surface area contributed by atoms with Crippen molar-refractivity contribution >= 4 is 23.5 Å². The molecular formula is C20H29N5O7. The first kappa shape index (κ1) is 25.2. The molecule has 1 aromatic carbocycles. The Bertz CT molecular complexity index is 774. The molecule has 12 nitrogen and oxygen atoms in total. The SMILES string of the molecule is O=C(O)CN1CCN(CC(=O)O)CCN(CC(=O)NCCc2ccc([N+](=O)[O-])cc2)CC1. The summed E-state index contributed by atoms with van der Waals surface area (Å²) in [6.07, 6.45) is 0.530. The molecule has 1 amide bonds. The number of benzene rings is 1. The van der Waals surface area contributed by atoms with Gasteiger partial charge in [-0.1, -0.05) is 12.1 Å². The summed E-state index contributed by atoms with van der Waals surface area (Å²) >= 11 is 0. The van der Waals surface area contributed by atoms with Gasteiger partial charge in [-0.05, 0) is 12.0 Å². The molecule has 12 heteroatoms. The summed E-state index contributed by atoms with van der Waals surface area (Å²) in [5.41, 5.74) is 0.881. The second kappa shape index (κ2) is 12.7. The number of nitrogens with one attached hydrogen (secondary N) is 1. The minimum atomic E-state index is -0.954. The number of carbonyl (C=O) groups excluding carboxylic acids is 1. The van der Waals surface area contributed by atoms with E-state index in [-0.39, 0.29) is 31.2 Å². The number of hydrogen-bond acceptors (Lipinski definition) is 8. The van der Waals surface area contributed by atoms with Crippen molar-refractivity contribution in [1.82, 2.24) is 20.0 Å². The van der Waals surface area contributed by atoms with Crippen molar-refractivity contribution in [3.8, 4) is 0 Å². The molecule has 32 heavy (non-hydrogen) atoms. The van der Waals surface area contributed by atoms with Crippen LogP contribution in [0.1, 0.15) is 5.56 Å². The Balaban J connectivity index is 1.85. The van der Waals surface area contributed by atoms with E-state index in [1.807, 2.05) is 4.90 Å². The van der Waals surface area contributed by atoms with Crippen LogP contribution in [0.4, 0.5) is 5.69 Å². The van der Waals surface area contributed by atoms with E-state index in [2.05, 4.69) is 5.32 Å². The first-order valence-corrected chi connectivity index (χ1v) is 10.3. The van der Waals surface area contributed by atoms with Crippen molar-refractivity contribution < 1.29 is 29.5 Å². The van der Waals surface area contributed by atoms with Gasteiger partial charge in [0.15, 0.2) is 0 Å². The van der Waals surface area contributed by atoms with E-state index < -0.39 is 16.9 Å².